The molecule has 1 aliphatic rings. The molecule has 0 saturated carbocycles. The van der Waals surface area contributed by atoms with Crippen LogP contribution in [0.2, 0.25) is 0 Å². The molecule has 0 aromatic carbocycles. The van der Waals surface area contributed by atoms with Crippen LogP contribution in [0.4, 0.5) is 24.9 Å². The lowest BCUT2D eigenvalue weighted by molar-refractivity contribution is -0.141. The topological polar surface area (TPSA) is 44.3 Å². The molecule has 1 aromatic rings. The zero-order valence-electron chi connectivity index (χ0n) is 12.4. The first-order valence-electron chi connectivity index (χ1n) is 6.86. The van der Waals surface area contributed by atoms with E-state index < -0.39 is 11.9 Å². The molecule has 21 heavy (non-hydrogen) atoms. The number of nitrogens with zero attached hydrogens (tertiary/aromatic N) is 4. The molecule has 0 aliphatic carbocycles. The van der Waals surface area contributed by atoms with Crippen LogP contribution in [0.5, 0.6) is 0 Å². The van der Waals surface area contributed by atoms with Crippen LogP contribution in [0, 0.1) is 0 Å². The Morgan fingerprint density at radius 3 is 2.43 bits per heavy atom. The molecule has 0 bridgehead atoms. The summed E-state index contributed by atoms with van der Waals surface area (Å²) in [5.41, 5.74) is -0.920. The molecule has 1 fully saturated rings. The lowest BCUT2D eigenvalue weighted by Gasteiger charge is -2.35. The molecule has 5 nitrogen and oxygen atoms in total. The molecule has 1 N–H and O–H groups in total. The van der Waals surface area contributed by atoms with Crippen LogP contribution in [0.15, 0.2) is 6.07 Å². The summed E-state index contributed by atoms with van der Waals surface area (Å²) in [6.45, 7) is 1.87. The predicted octanol–water partition coefficient (Wildman–Crippen LogP) is 2.07. The van der Waals surface area contributed by atoms with Crippen molar-refractivity contribution in [1.29, 1.82) is 0 Å². The zero-order valence-corrected chi connectivity index (χ0v) is 12.4. The van der Waals surface area contributed by atoms with Crippen molar-refractivity contribution in [1.82, 2.24) is 14.9 Å². The van der Waals surface area contributed by atoms with Gasteiger partial charge in [-0.15, -0.1) is 0 Å². The molecule has 8 heteroatoms. The number of piperidine rings is 1. The molecular weight excluding hydrogens is 283 g/mol. The highest BCUT2D eigenvalue weighted by molar-refractivity contribution is 5.45. The minimum absolute atomic E-state index is 0.0143. The van der Waals surface area contributed by atoms with Crippen molar-refractivity contribution in [3.63, 3.8) is 0 Å². The van der Waals surface area contributed by atoms with E-state index in [-0.39, 0.29) is 12.0 Å². The third-order valence-electron chi connectivity index (χ3n) is 3.82. The number of hydrogen-bond donors (Lipinski definition) is 1. The fourth-order valence-corrected chi connectivity index (χ4v) is 2.44. The van der Waals surface area contributed by atoms with E-state index in [9.17, 15) is 13.2 Å². The number of anilines is 2. The highest BCUT2D eigenvalue weighted by atomic mass is 19.4. The fourth-order valence-electron chi connectivity index (χ4n) is 2.44. The first-order chi connectivity index (χ1) is 9.81. The quantitative estimate of drug-likeness (QED) is 0.926. The van der Waals surface area contributed by atoms with Crippen LogP contribution < -0.4 is 10.2 Å². The monoisotopic (exact) mass is 303 g/mol. The molecule has 0 atom stereocenters. The van der Waals surface area contributed by atoms with Crippen LogP contribution >= 0.6 is 0 Å². The Morgan fingerprint density at radius 1 is 1.29 bits per heavy atom. The Kier molecular flexibility index (Phi) is 4.55. The van der Waals surface area contributed by atoms with Gasteiger partial charge in [0.15, 0.2) is 5.69 Å². The third-order valence-corrected chi connectivity index (χ3v) is 3.82. The van der Waals surface area contributed by atoms with E-state index in [1.54, 1.807) is 7.05 Å². The van der Waals surface area contributed by atoms with Gasteiger partial charge in [-0.1, -0.05) is 0 Å². The molecule has 1 aliphatic heterocycles. The summed E-state index contributed by atoms with van der Waals surface area (Å²) in [4.78, 5) is 11.7. The second-order valence-corrected chi connectivity index (χ2v) is 5.33. The van der Waals surface area contributed by atoms with E-state index >= 15 is 0 Å². The molecule has 0 spiro atoms. The van der Waals surface area contributed by atoms with E-state index in [2.05, 4.69) is 20.2 Å². The lowest BCUT2D eigenvalue weighted by Crippen LogP contribution is -2.42. The maximum Gasteiger partial charge on any atom is 0.433 e. The maximum absolute atomic E-state index is 12.9. The number of aromatic nitrogens is 2. The van der Waals surface area contributed by atoms with Crippen molar-refractivity contribution in [2.75, 3.05) is 44.4 Å². The lowest BCUT2D eigenvalue weighted by atomic mass is 10.0. The number of hydrogen-bond acceptors (Lipinski definition) is 5. The summed E-state index contributed by atoms with van der Waals surface area (Å²) >= 11 is 0. The Hall–Kier alpha value is -1.57. The van der Waals surface area contributed by atoms with Gasteiger partial charge in [-0.2, -0.15) is 18.2 Å². The maximum atomic E-state index is 12.9. The predicted molar refractivity (Wildman–Crippen MR) is 75.5 cm³/mol. The zero-order chi connectivity index (χ0) is 15.6. The fraction of sp³-hybridized carbons (Fsp3) is 0.692. The van der Waals surface area contributed by atoms with Crippen LogP contribution in [-0.2, 0) is 6.18 Å². The second kappa shape index (κ2) is 6.05. The third kappa shape index (κ3) is 3.75. The van der Waals surface area contributed by atoms with Crippen molar-refractivity contribution in [2.45, 2.75) is 25.1 Å². The van der Waals surface area contributed by atoms with E-state index in [0.717, 1.165) is 32.0 Å². The standard InChI is InChI=1S/C13H20F3N5/c1-17-12-18-10(13(14,15)16)8-11(19-12)21(3)9-4-6-20(2)7-5-9/h8-9H,4-7H2,1-3H3,(H,17,18,19). The average Bonchev–Trinajstić information content (AvgIpc) is 2.46. The van der Waals surface area contributed by atoms with Crippen molar-refractivity contribution < 1.29 is 13.2 Å². The summed E-state index contributed by atoms with van der Waals surface area (Å²) < 4.78 is 38.7. The van der Waals surface area contributed by atoms with Gasteiger partial charge in [-0.3, -0.25) is 0 Å². The Labute approximate surface area is 122 Å². The Balaban J connectivity index is 2.25. The van der Waals surface area contributed by atoms with Gasteiger partial charge in [0.2, 0.25) is 5.95 Å². The van der Waals surface area contributed by atoms with Crippen molar-refractivity contribution in [3.8, 4) is 0 Å². The molecule has 0 amide bonds. The van der Waals surface area contributed by atoms with Gasteiger partial charge in [0.1, 0.15) is 5.82 Å². The molecule has 0 unspecified atom stereocenters. The number of rotatable bonds is 3. The summed E-state index contributed by atoms with van der Waals surface area (Å²) in [7, 11) is 5.34. The van der Waals surface area contributed by atoms with Gasteiger partial charge in [0.25, 0.3) is 0 Å². The van der Waals surface area contributed by atoms with Crippen LogP contribution in [0.1, 0.15) is 18.5 Å². The first kappa shape index (κ1) is 15.8. The second-order valence-electron chi connectivity index (χ2n) is 5.33. The van der Waals surface area contributed by atoms with E-state index in [4.69, 9.17) is 0 Å². The minimum Gasteiger partial charge on any atom is -0.357 e. The highest BCUT2D eigenvalue weighted by Gasteiger charge is 2.34. The van der Waals surface area contributed by atoms with E-state index in [1.807, 2.05) is 11.9 Å². The van der Waals surface area contributed by atoms with Crippen LogP contribution in [0.3, 0.4) is 0 Å². The normalized spacial score (nSPS) is 17.8. The summed E-state index contributed by atoms with van der Waals surface area (Å²) in [6, 6.07) is 1.21. The van der Waals surface area contributed by atoms with Crippen molar-refractivity contribution in [2.24, 2.45) is 0 Å². The molecule has 2 heterocycles. The SMILES string of the molecule is CNc1nc(N(C)C2CCN(C)CC2)cc(C(F)(F)F)n1. The van der Waals surface area contributed by atoms with Gasteiger partial charge < -0.3 is 15.1 Å². The smallest absolute Gasteiger partial charge is 0.357 e. The largest absolute Gasteiger partial charge is 0.433 e. The van der Waals surface area contributed by atoms with Crippen LogP contribution in [0.25, 0.3) is 0 Å². The summed E-state index contributed by atoms with van der Waals surface area (Å²) in [6.07, 6.45) is -2.66. The molecule has 0 radical (unpaired) electrons. The first-order valence-corrected chi connectivity index (χ1v) is 6.86. The van der Waals surface area contributed by atoms with E-state index in [1.165, 1.54) is 7.05 Å². The highest BCUT2D eigenvalue weighted by Crippen LogP contribution is 2.31. The van der Waals surface area contributed by atoms with Gasteiger partial charge in [-0.25, -0.2) is 4.98 Å². The van der Waals surface area contributed by atoms with Gasteiger partial charge >= 0.3 is 6.18 Å². The van der Waals surface area contributed by atoms with Crippen molar-refractivity contribution in [3.05, 3.63) is 11.8 Å². The number of alkyl halides is 3. The van der Waals surface area contributed by atoms with Crippen LogP contribution in [-0.4, -0.2) is 55.1 Å². The number of nitrogens with one attached hydrogen (secondary N) is 1. The summed E-state index contributed by atoms with van der Waals surface area (Å²) in [5, 5.41) is 2.59. The summed E-state index contributed by atoms with van der Waals surface area (Å²) in [5.74, 6) is 0.288. The van der Waals surface area contributed by atoms with Gasteiger partial charge in [-0.05, 0) is 33.0 Å². The molecular formula is C13H20F3N5. The Morgan fingerprint density at radius 2 is 1.90 bits per heavy atom. The van der Waals surface area contributed by atoms with E-state index in [0.29, 0.717) is 5.82 Å². The number of likely N-dealkylation sites (tertiary alicyclic amines) is 1. The average molecular weight is 303 g/mol. The number of halogens is 3. The van der Waals surface area contributed by atoms with Gasteiger partial charge in [0, 0.05) is 26.2 Å². The van der Waals surface area contributed by atoms with Crippen molar-refractivity contribution >= 4 is 11.8 Å². The minimum atomic E-state index is -4.48. The Bertz CT molecular complexity index is 483. The molecule has 118 valence electrons. The molecule has 2 rings (SSSR count). The van der Waals surface area contributed by atoms with Gasteiger partial charge in [0.05, 0.1) is 0 Å². The molecule has 1 saturated heterocycles. The molecule has 1 aromatic heterocycles.